The number of hydrogen-bond acceptors (Lipinski definition) is 4. The lowest BCUT2D eigenvalue weighted by Gasteiger charge is -2.06. The van der Waals surface area contributed by atoms with Crippen LogP contribution in [0.3, 0.4) is 0 Å². The van der Waals surface area contributed by atoms with Crippen molar-refractivity contribution in [3.05, 3.63) is 41.1 Å². The lowest BCUT2D eigenvalue weighted by molar-refractivity contribution is 0.0996. The number of hydrogen-bond donors (Lipinski definition) is 2. The molecule has 2 rings (SSSR count). The van der Waals surface area contributed by atoms with Gasteiger partial charge < -0.3 is 15.5 Å². The molecule has 3 N–H and O–H groups in total. The summed E-state index contributed by atoms with van der Waals surface area (Å²) in [6, 6.07) is 4.83. The number of nitrogens with two attached hydrogens (primary N) is 1. The van der Waals surface area contributed by atoms with Gasteiger partial charge in [0, 0.05) is 5.02 Å². The van der Waals surface area contributed by atoms with E-state index in [0.717, 1.165) is 0 Å². The third-order valence-electron chi connectivity index (χ3n) is 2.21. The van der Waals surface area contributed by atoms with Crippen LogP contribution in [-0.2, 0) is 0 Å². The van der Waals surface area contributed by atoms with Gasteiger partial charge in [0.15, 0.2) is 6.39 Å². The Morgan fingerprint density at radius 3 is 2.88 bits per heavy atom. The number of aromatic nitrogens is 1. The molecular formula is C11H10ClN3O2. The van der Waals surface area contributed by atoms with Crippen LogP contribution in [0.4, 0.5) is 11.4 Å². The van der Waals surface area contributed by atoms with Gasteiger partial charge in [-0.1, -0.05) is 11.6 Å². The first-order valence-corrected chi connectivity index (χ1v) is 5.22. The van der Waals surface area contributed by atoms with Gasteiger partial charge in [0.1, 0.15) is 0 Å². The second-order valence-electron chi connectivity index (χ2n) is 3.45. The van der Waals surface area contributed by atoms with Gasteiger partial charge in [-0.05, 0) is 25.1 Å². The SMILES string of the molecule is Cc1ncoc1C(=O)Nc1ccc(Cl)cc1N. The van der Waals surface area contributed by atoms with Crippen LogP contribution in [0.1, 0.15) is 16.2 Å². The van der Waals surface area contributed by atoms with Crippen LogP contribution in [0.5, 0.6) is 0 Å². The summed E-state index contributed by atoms with van der Waals surface area (Å²) in [6.07, 6.45) is 1.22. The number of carbonyl (C=O) groups is 1. The third-order valence-corrected chi connectivity index (χ3v) is 2.45. The number of nitrogens with one attached hydrogen (secondary N) is 1. The highest BCUT2D eigenvalue weighted by Gasteiger charge is 2.14. The molecule has 0 atom stereocenters. The van der Waals surface area contributed by atoms with Crippen molar-refractivity contribution in [3.63, 3.8) is 0 Å². The Hall–Kier alpha value is -2.01. The van der Waals surface area contributed by atoms with Gasteiger partial charge in [-0.15, -0.1) is 0 Å². The molecule has 6 heteroatoms. The summed E-state index contributed by atoms with van der Waals surface area (Å²) >= 11 is 5.76. The predicted octanol–water partition coefficient (Wildman–Crippen LogP) is 2.47. The maximum Gasteiger partial charge on any atom is 0.293 e. The topological polar surface area (TPSA) is 81.2 Å². The zero-order chi connectivity index (χ0) is 12.4. The Morgan fingerprint density at radius 1 is 1.53 bits per heavy atom. The number of anilines is 2. The molecular weight excluding hydrogens is 242 g/mol. The Labute approximate surface area is 103 Å². The number of aryl methyl sites for hydroxylation is 1. The number of oxazole rings is 1. The van der Waals surface area contributed by atoms with Gasteiger partial charge in [-0.2, -0.15) is 0 Å². The number of carbonyl (C=O) groups excluding carboxylic acids is 1. The van der Waals surface area contributed by atoms with Crippen LogP contribution < -0.4 is 11.1 Å². The van der Waals surface area contributed by atoms with Crippen LogP contribution in [0.25, 0.3) is 0 Å². The first-order chi connectivity index (χ1) is 8.08. The number of benzene rings is 1. The first kappa shape index (κ1) is 11.5. The van der Waals surface area contributed by atoms with Crippen molar-refractivity contribution in [1.82, 2.24) is 4.98 Å². The second-order valence-corrected chi connectivity index (χ2v) is 3.89. The normalized spacial score (nSPS) is 10.2. The van der Waals surface area contributed by atoms with Gasteiger partial charge in [-0.3, -0.25) is 4.79 Å². The van der Waals surface area contributed by atoms with Crippen molar-refractivity contribution in [3.8, 4) is 0 Å². The minimum absolute atomic E-state index is 0.166. The Kier molecular flexibility index (Phi) is 3.01. The molecule has 88 valence electrons. The molecule has 0 radical (unpaired) electrons. The molecule has 17 heavy (non-hydrogen) atoms. The maximum absolute atomic E-state index is 11.8. The lowest BCUT2D eigenvalue weighted by atomic mass is 10.2. The molecule has 0 aliphatic carbocycles. The molecule has 1 aromatic carbocycles. The van der Waals surface area contributed by atoms with Crippen LogP contribution in [-0.4, -0.2) is 10.9 Å². The molecule has 0 unspecified atom stereocenters. The van der Waals surface area contributed by atoms with Gasteiger partial charge >= 0.3 is 0 Å². The van der Waals surface area contributed by atoms with Gasteiger partial charge in [-0.25, -0.2) is 4.98 Å². The number of halogens is 1. The number of nitrogen functional groups attached to an aromatic ring is 1. The maximum atomic E-state index is 11.8. The molecule has 1 aromatic heterocycles. The standard InChI is InChI=1S/C11H10ClN3O2/c1-6-10(17-5-14-6)11(16)15-9-3-2-7(12)4-8(9)13/h2-5H,13H2,1H3,(H,15,16). The molecule has 0 saturated heterocycles. The largest absolute Gasteiger partial charge is 0.438 e. The van der Waals surface area contributed by atoms with E-state index in [0.29, 0.717) is 22.1 Å². The highest BCUT2D eigenvalue weighted by Crippen LogP contribution is 2.23. The second kappa shape index (κ2) is 4.47. The van der Waals surface area contributed by atoms with E-state index in [1.54, 1.807) is 25.1 Å². The Bertz CT molecular complexity index is 566. The summed E-state index contributed by atoms with van der Waals surface area (Å²) in [7, 11) is 0. The predicted molar refractivity (Wildman–Crippen MR) is 65.1 cm³/mol. The molecule has 0 aliphatic rings. The first-order valence-electron chi connectivity index (χ1n) is 4.84. The molecule has 0 bridgehead atoms. The summed E-state index contributed by atoms with van der Waals surface area (Å²) in [4.78, 5) is 15.6. The van der Waals surface area contributed by atoms with E-state index in [1.807, 2.05) is 0 Å². The highest BCUT2D eigenvalue weighted by atomic mass is 35.5. The Morgan fingerprint density at radius 2 is 2.29 bits per heavy atom. The van der Waals surface area contributed by atoms with Gasteiger partial charge in [0.2, 0.25) is 5.76 Å². The highest BCUT2D eigenvalue weighted by molar-refractivity contribution is 6.31. The van der Waals surface area contributed by atoms with Gasteiger partial charge in [0.05, 0.1) is 17.1 Å². The van der Waals surface area contributed by atoms with E-state index in [1.165, 1.54) is 6.39 Å². The smallest absolute Gasteiger partial charge is 0.293 e. The monoisotopic (exact) mass is 251 g/mol. The minimum atomic E-state index is -0.394. The third kappa shape index (κ3) is 2.39. The average Bonchev–Trinajstić information content (AvgIpc) is 2.68. The van der Waals surface area contributed by atoms with Crippen molar-refractivity contribution >= 4 is 28.9 Å². The summed E-state index contributed by atoms with van der Waals surface area (Å²) in [5.41, 5.74) is 7.11. The van der Waals surface area contributed by atoms with Crippen molar-refractivity contribution in [2.75, 3.05) is 11.1 Å². The number of amides is 1. The summed E-state index contributed by atoms with van der Waals surface area (Å²) in [5.74, 6) is -0.228. The molecule has 5 nitrogen and oxygen atoms in total. The number of nitrogens with zero attached hydrogens (tertiary/aromatic N) is 1. The zero-order valence-corrected chi connectivity index (χ0v) is 9.78. The molecule has 1 amide bonds. The van der Waals surface area contributed by atoms with E-state index in [9.17, 15) is 4.79 Å². The fourth-order valence-electron chi connectivity index (χ4n) is 1.35. The van der Waals surface area contributed by atoms with E-state index in [4.69, 9.17) is 21.8 Å². The fourth-order valence-corrected chi connectivity index (χ4v) is 1.53. The molecule has 2 aromatic rings. The van der Waals surface area contributed by atoms with Crippen molar-refractivity contribution in [2.24, 2.45) is 0 Å². The van der Waals surface area contributed by atoms with Crippen LogP contribution in [0.2, 0.25) is 5.02 Å². The molecule has 0 fully saturated rings. The minimum Gasteiger partial charge on any atom is -0.438 e. The quantitative estimate of drug-likeness (QED) is 0.804. The average molecular weight is 252 g/mol. The Balaban J connectivity index is 2.22. The number of rotatable bonds is 2. The molecule has 0 saturated carbocycles. The van der Waals surface area contributed by atoms with Crippen LogP contribution in [0.15, 0.2) is 29.0 Å². The summed E-state index contributed by atoms with van der Waals surface area (Å²) < 4.78 is 4.97. The summed E-state index contributed by atoms with van der Waals surface area (Å²) in [6.45, 7) is 1.68. The van der Waals surface area contributed by atoms with E-state index < -0.39 is 5.91 Å². The van der Waals surface area contributed by atoms with Crippen LogP contribution >= 0.6 is 11.6 Å². The van der Waals surface area contributed by atoms with E-state index in [-0.39, 0.29) is 5.76 Å². The fraction of sp³-hybridized carbons (Fsp3) is 0.0909. The van der Waals surface area contributed by atoms with Crippen molar-refractivity contribution in [2.45, 2.75) is 6.92 Å². The van der Waals surface area contributed by atoms with E-state index in [2.05, 4.69) is 10.3 Å². The van der Waals surface area contributed by atoms with E-state index >= 15 is 0 Å². The zero-order valence-electron chi connectivity index (χ0n) is 9.03. The lowest BCUT2D eigenvalue weighted by Crippen LogP contribution is -2.13. The molecule has 0 spiro atoms. The van der Waals surface area contributed by atoms with Crippen LogP contribution in [0, 0.1) is 6.92 Å². The van der Waals surface area contributed by atoms with Gasteiger partial charge in [0.25, 0.3) is 5.91 Å². The van der Waals surface area contributed by atoms with Crippen molar-refractivity contribution < 1.29 is 9.21 Å². The molecule has 1 heterocycles. The summed E-state index contributed by atoms with van der Waals surface area (Å²) in [5, 5.41) is 3.13. The van der Waals surface area contributed by atoms with Crippen molar-refractivity contribution in [1.29, 1.82) is 0 Å². The molecule has 0 aliphatic heterocycles.